The molecule has 1 aliphatic heterocycles. The van der Waals surface area contributed by atoms with E-state index in [0.717, 1.165) is 18.4 Å². The van der Waals surface area contributed by atoms with E-state index in [-0.39, 0.29) is 18.0 Å². The Hall–Kier alpha value is -3.33. The fourth-order valence-corrected chi connectivity index (χ4v) is 2.57. The Morgan fingerprint density at radius 2 is 1.96 bits per heavy atom. The number of hydrogen-bond donors (Lipinski definition) is 2. The Morgan fingerprint density at radius 3 is 2.56 bits per heavy atom. The molecule has 6 nitrogen and oxygen atoms in total. The van der Waals surface area contributed by atoms with E-state index in [1.54, 1.807) is 36.4 Å². The zero-order valence-electron chi connectivity index (χ0n) is 13.6. The third-order valence-corrected chi connectivity index (χ3v) is 3.99. The molecule has 0 fully saturated rings. The molecular formula is C19H18N4O2. The van der Waals surface area contributed by atoms with E-state index in [1.807, 2.05) is 18.2 Å². The number of nitrogens with two attached hydrogens (primary N) is 1. The molecule has 0 unspecified atom stereocenters. The van der Waals surface area contributed by atoms with Gasteiger partial charge in [0.05, 0.1) is 17.7 Å². The molecule has 3 N–H and O–H groups in total. The van der Waals surface area contributed by atoms with Gasteiger partial charge in [-0.05, 0) is 54.8 Å². The molecule has 0 saturated carbocycles. The number of carbonyl (C=O) groups is 1. The molecule has 0 radical (unpaired) electrons. The van der Waals surface area contributed by atoms with Gasteiger partial charge in [-0.25, -0.2) is 4.99 Å². The highest BCUT2D eigenvalue weighted by molar-refractivity contribution is 6.04. The minimum absolute atomic E-state index is 0.111. The van der Waals surface area contributed by atoms with Crippen molar-refractivity contribution in [3.63, 3.8) is 0 Å². The lowest BCUT2D eigenvalue weighted by Crippen LogP contribution is -2.12. The second-order valence-corrected chi connectivity index (χ2v) is 5.81. The van der Waals surface area contributed by atoms with E-state index in [4.69, 9.17) is 15.7 Å². The normalized spacial score (nSPS) is 15.8. The molecule has 126 valence electrons. The number of ether oxygens (including phenoxy) is 1. The molecular weight excluding hydrogens is 316 g/mol. The molecule has 0 aromatic heterocycles. The SMILES string of the molecule is N#Cc1ccc(NC(=O)c2ccc(CC[C@H]3COC(N)=N3)cc2)cc1. The number of anilines is 1. The molecule has 6 heteroatoms. The van der Waals surface area contributed by atoms with Crippen LogP contribution in [-0.4, -0.2) is 24.6 Å². The maximum atomic E-state index is 12.3. The van der Waals surface area contributed by atoms with Gasteiger partial charge < -0.3 is 15.8 Å². The van der Waals surface area contributed by atoms with E-state index in [9.17, 15) is 4.79 Å². The van der Waals surface area contributed by atoms with Gasteiger partial charge >= 0.3 is 0 Å². The zero-order valence-corrected chi connectivity index (χ0v) is 13.6. The molecule has 0 bridgehead atoms. The Kier molecular flexibility index (Phi) is 4.95. The summed E-state index contributed by atoms with van der Waals surface area (Å²) in [5.74, 6) is -0.183. The maximum Gasteiger partial charge on any atom is 0.282 e. The summed E-state index contributed by atoms with van der Waals surface area (Å²) in [6.07, 6.45) is 1.71. The van der Waals surface area contributed by atoms with Gasteiger partial charge in [-0.3, -0.25) is 4.79 Å². The van der Waals surface area contributed by atoms with Gasteiger partial charge in [0.25, 0.3) is 11.9 Å². The quantitative estimate of drug-likeness (QED) is 0.877. The summed E-state index contributed by atoms with van der Waals surface area (Å²) in [6.45, 7) is 0.539. The highest BCUT2D eigenvalue weighted by Gasteiger charge is 2.16. The third kappa shape index (κ3) is 4.36. The predicted molar refractivity (Wildman–Crippen MR) is 95.2 cm³/mol. The molecule has 0 saturated heterocycles. The average molecular weight is 334 g/mol. The highest BCUT2D eigenvalue weighted by atomic mass is 16.5. The first-order chi connectivity index (χ1) is 12.1. The van der Waals surface area contributed by atoms with Crippen LogP contribution >= 0.6 is 0 Å². The second-order valence-electron chi connectivity index (χ2n) is 5.81. The van der Waals surface area contributed by atoms with Gasteiger partial charge in [-0.1, -0.05) is 12.1 Å². The number of aliphatic imine (C=N–C) groups is 1. The summed E-state index contributed by atoms with van der Waals surface area (Å²) in [7, 11) is 0. The number of amides is 1. The van der Waals surface area contributed by atoms with Crippen molar-refractivity contribution in [3.8, 4) is 6.07 Å². The molecule has 1 aliphatic rings. The number of nitrogens with zero attached hydrogens (tertiary/aromatic N) is 2. The van der Waals surface area contributed by atoms with Gasteiger partial charge in [0.2, 0.25) is 0 Å². The summed E-state index contributed by atoms with van der Waals surface area (Å²) in [5.41, 5.74) is 8.43. The largest absolute Gasteiger partial charge is 0.463 e. The molecule has 0 spiro atoms. The lowest BCUT2D eigenvalue weighted by atomic mass is 10.0. The van der Waals surface area contributed by atoms with Crippen LogP contribution in [0.1, 0.15) is 27.9 Å². The minimum atomic E-state index is -0.183. The summed E-state index contributed by atoms with van der Waals surface area (Å²) in [6, 6.07) is 16.7. The van der Waals surface area contributed by atoms with Crippen LogP contribution in [-0.2, 0) is 11.2 Å². The van der Waals surface area contributed by atoms with E-state index in [0.29, 0.717) is 23.4 Å². The Morgan fingerprint density at radius 1 is 1.24 bits per heavy atom. The molecule has 2 aromatic carbocycles. The van der Waals surface area contributed by atoms with Crippen LogP contribution in [0.5, 0.6) is 0 Å². The molecule has 3 rings (SSSR count). The topological polar surface area (TPSA) is 100 Å². The van der Waals surface area contributed by atoms with Crippen molar-refractivity contribution in [3.05, 3.63) is 65.2 Å². The number of nitrogens with one attached hydrogen (secondary N) is 1. The Balaban J connectivity index is 1.55. The van der Waals surface area contributed by atoms with Crippen LogP contribution in [0.4, 0.5) is 5.69 Å². The van der Waals surface area contributed by atoms with Gasteiger partial charge in [0, 0.05) is 11.3 Å². The summed E-state index contributed by atoms with van der Waals surface area (Å²) < 4.78 is 5.13. The first-order valence-corrected chi connectivity index (χ1v) is 8.00. The molecule has 1 amide bonds. The molecule has 1 atom stereocenters. The summed E-state index contributed by atoms with van der Waals surface area (Å²) in [5, 5.41) is 11.6. The first-order valence-electron chi connectivity index (χ1n) is 8.00. The second kappa shape index (κ2) is 7.49. The molecule has 25 heavy (non-hydrogen) atoms. The minimum Gasteiger partial charge on any atom is -0.463 e. The molecule has 0 aliphatic carbocycles. The van der Waals surface area contributed by atoms with Crippen molar-refractivity contribution in [1.29, 1.82) is 5.26 Å². The van der Waals surface area contributed by atoms with Crippen LogP contribution in [0, 0.1) is 11.3 Å². The highest BCUT2D eigenvalue weighted by Crippen LogP contribution is 2.14. The number of hydrogen-bond acceptors (Lipinski definition) is 5. The smallest absolute Gasteiger partial charge is 0.282 e. The van der Waals surface area contributed by atoms with Gasteiger partial charge in [0.1, 0.15) is 6.61 Å². The van der Waals surface area contributed by atoms with Crippen LogP contribution in [0.3, 0.4) is 0 Å². The number of aryl methyl sites for hydroxylation is 1. The van der Waals surface area contributed by atoms with Crippen molar-refractivity contribution >= 4 is 17.6 Å². The number of rotatable bonds is 5. The molecule has 2 aromatic rings. The predicted octanol–water partition coefficient (Wildman–Crippen LogP) is 2.46. The Labute approximate surface area is 145 Å². The number of carbonyl (C=O) groups excluding carboxylic acids is 1. The third-order valence-electron chi connectivity index (χ3n) is 3.99. The van der Waals surface area contributed by atoms with Gasteiger partial charge in [0.15, 0.2) is 0 Å². The maximum absolute atomic E-state index is 12.3. The van der Waals surface area contributed by atoms with Gasteiger partial charge in [-0.2, -0.15) is 5.26 Å². The van der Waals surface area contributed by atoms with E-state index < -0.39 is 0 Å². The van der Waals surface area contributed by atoms with Crippen molar-refractivity contribution in [2.75, 3.05) is 11.9 Å². The number of amidine groups is 1. The average Bonchev–Trinajstić information content (AvgIpc) is 3.06. The molecule has 1 heterocycles. The van der Waals surface area contributed by atoms with Crippen molar-refractivity contribution in [2.24, 2.45) is 10.7 Å². The number of benzene rings is 2. The lowest BCUT2D eigenvalue weighted by molar-refractivity contribution is 0.102. The van der Waals surface area contributed by atoms with Crippen LogP contribution in [0.2, 0.25) is 0 Å². The Bertz CT molecular complexity index is 820. The van der Waals surface area contributed by atoms with E-state index in [2.05, 4.69) is 10.3 Å². The van der Waals surface area contributed by atoms with Crippen molar-refractivity contribution < 1.29 is 9.53 Å². The van der Waals surface area contributed by atoms with E-state index >= 15 is 0 Å². The lowest BCUT2D eigenvalue weighted by Gasteiger charge is -2.07. The fourth-order valence-electron chi connectivity index (χ4n) is 2.57. The zero-order chi connectivity index (χ0) is 17.6. The van der Waals surface area contributed by atoms with E-state index in [1.165, 1.54) is 0 Å². The monoisotopic (exact) mass is 334 g/mol. The fraction of sp³-hybridized carbons (Fsp3) is 0.211. The van der Waals surface area contributed by atoms with Gasteiger partial charge in [-0.15, -0.1) is 0 Å². The van der Waals surface area contributed by atoms with Crippen molar-refractivity contribution in [2.45, 2.75) is 18.9 Å². The standard InChI is InChI=1S/C19H18N4O2/c20-11-14-4-8-16(9-5-14)22-18(24)15-6-1-13(2-7-15)3-10-17-12-25-19(21)23-17/h1-2,4-9,17H,3,10,12H2,(H2,21,23)(H,22,24)/t17-/m0/s1. The van der Waals surface area contributed by atoms with Crippen LogP contribution in [0.15, 0.2) is 53.5 Å². The number of nitriles is 1. The van der Waals surface area contributed by atoms with Crippen LogP contribution < -0.4 is 11.1 Å². The summed E-state index contributed by atoms with van der Waals surface area (Å²) in [4.78, 5) is 16.5. The van der Waals surface area contributed by atoms with Crippen LogP contribution in [0.25, 0.3) is 0 Å². The first kappa shape index (κ1) is 16.5. The summed E-state index contributed by atoms with van der Waals surface area (Å²) >= 11 is 0. The van der Waals surface area contributed by atoms with Crippen molar-refractivity contribution in [1.82, 2.24) is 0 Å².